The Kier molecular flexibility index (Phi) is 6.43. The minimum Gasteiger partial charge on any atom is -0.497 e. The van der Waals surface area contributed by atoms with Crippen molar-refractivity contribution in [3.8, 4) is 11.4 Å². The Labute approximate surface area is 221 Å². The van der Waals surface area contributed by atoms with Crippen molar-refractivity contribution in [2.75, 3.05) is 7.11 Å². The number of nitrogens with one attached hydrogen (secondary N) is 2. The van der Waals surface area contributed by atoms with E-state index in [-0.39, 0.29) is 11.3 Å². The molecule has 36 heavy (non-hydrogen) atoms. The number of aromatic amines is 2. The van der Waals surface area contributed by atoms with Crippen molar-refractivity contribution in [3.05, 3.63) is 115 Å². The maximum absolute atomic E-state index is 14.0. The van der Waals surface area contributed by atoms with E-state index in [2.05, 4.69) is 10.1 Å². The van der Waals surface area contributed by atoms with Crippen LogP contribution in [0.5, 0.6) is 5.75 Å². The predicted octanol–water partition coefficient (Wildman–Crippen LogP) is 6.94. The highest BCUT2D eigenvalue weighted by Crippen LogP contribution is 2.37. The van der Waals surface area contributed by atoms with Crippen LogP contribution in [0.1, 0.15) is 33.2 Å². The SMILES string of the molecule is COc1ccc2[nH]c(C)c(C(C(=O)c3ccc(Cl)cc3)c3cc(=O)n(-c4ccc(Cl)c(Cl)c4)[nH]3)c2c1. The number of Topliss-reactive ketones (excluding diaryl/α,β-unsaturated/α-hetero) is 1. The molecule has 2 N–H and O–H groups in total. The number of ether oxygens (including phenoxy) is 1. The Morgan fingerprint density at radius 3 is 2.39 bits per heavy atom. The summed E-state index contributed by atoms with van der Waals surface area (Å²) in [5, 5.41) is 5.16. The highest BCUT2D eigenvalue weighted by Gasteiger charge is 2.31. The lowest BCUT2D eigenvalue weighted by molar-refractivity contribution is 0.0972. The van der Waals surface area contributed by atoms with Crippen LogP contribution in [-0.2, 0) is 0 Å². The molecule has 0 saturated heterocycles. The van der Waals surface area contributed by atoms with E-state index in [0.717, 1.165) is 22.2 Å². The van der Waals surface area contributed by atoms with Crippen molar-refractivity contribution in [3.63, 3.8) is 0 Å². The molecule has 0 aliphatic carbocycles. The Bertz CT molecular complexity index is 1670. The monoisotopic (exact) mass is 539 g/mol. The zero-order chi connectivity index (χ0) is 25.6. The second-order valence-electron chi connectivity index (χ2n) is 8.36. The first-order valence-corrected chi connectivity index (χ1v) is 12.1. The summed E-state index contributed by atoms with van der Waals surface area (Å²) in [6, 6.07) is 18.6. The number of H-pyrrole nitrogens is 2. The largest absolute Gasteiger partial charge is 0.497 e. The van der Waals surface area contributed by atoms with Gasteiger partial charge < -0.3 is 9.72 Å². The Hall–Kier alpha value is -3.45. The molecule has 182 valence electrons. The van der Waals surface area contributed by atoms with E-state index >= 15 is 0 Å². The smallest absolute Gasteiger partial charge is 0.271 e. The Balaban J connectivity index is 1.73. The van der Waals surface area contributed by atoms with Gasteiger partial charge in [0.25, 0.3) is 5.56 Å². The van der Waals surface area contributed by atoms with Crippen LogP contribution >= 0.6 is 34.8 Å². The molecule has 0 saturated carbocycles. The van der Waals surface area contributed by atoms with Gasteiger partial charge in [-0.05, 0) is 73.2 Å². The van der Waals surface area contributed by atoms with Gasteiger partial charge in [0.05, 0.1) is 34.5 Å². The van der Waals surface area contributed by atoms with Gasteiger partial charge in [0.2, 0.25) is 0 Å². The van der Waals surface area contributed by atoms with Gasteiger partial charge >= 0.3 is 0 Å². The van der Waals surface area contributed by atoms with E-state index in [9.17, 15) is 9.59 Å². The number of aryl methyl sites for hydroxylation is 1. The minimum atomic E-state index is -0.816. The number of carbonyl (C=O) groups excluding carboxylic acids is 1. The number of carbonyl (C=O) groups is 1. The maximum Gasteiger partial charge on any atom is 0.271 e. The van der Waals surface area contributed by atoms with E-state index in [0.29, 0.717) is 37.8 Å². The van der Waals surface area contributed by atoms with Gasteiger partial charge in [-0.15, -0.1) is 0 Å². The Morgan fingerprint density at radius 2 is 1.69 bits per heavy atom. The van der Waals surface area contributed by atoms with Gasteiger partial charge in [-0.2, -0.15) is 0 Å². The van der Waals surface area contributed by atoms with Crippen molar-refractivity contribution in [2.45, 2.75) is 12.8 Å². The van der Waals surface area contributed by atoms with Gasteiger partial charge in [-0.1, -0.05) is 34.8 Å². The number of benzene rings is 3. The molecule has 2 heterocycles. The minimum absolute atomic E-state index is 0.193. The van der Waals surface area contributed by atoms with Crippen LogP contribution < -0.4 is 10.3 Å². The molecule has 2 aromatic heterocycles. The fourth-order valence-corrected chi connectivity index (χ4v) is 4.83. The zero-order valence-electron chi connectivity index (χ0n) is 19.2. The molecule has 0 aliphatic rings. The summed E-state index contributed by atoms with van der Waals surface area (Å²) < 4.78 is 6.77. The summed E-state index contributed by atoms with van der Waals surface area (Å²) in [7, 11) is 1.59. The number of ketones is 1. The number of hydrogen-bond donors (Lipinski definition) is 2. The highest BCUT2D eigenvalue weighted by molar-refractivity contribution is 6.42. The number of rotatable bonds is 6. The van der Waals surface area contributed by atoms with E-state index in [1.54, 1.807) is 49.6 Å². The standard InChI is InChI=1S/C27H20Cl3N3O3/c1-14-25(19-12-18(36-2)8-10-22(19)31-14)26(27(35)15-3-5-16(28)6-4-15)23-13-24(34)33(32-23)17-7-9-20(29)21(30)11-17/h3-13,26,31-32H,1-2H3. The molecule has 0 aliphatic heterocycles. The lowest BCUT2D eigenvalue weighted by Crippen LogP contribution is -2.16. The second kappa shape index (κ2) is 9.54. The number of methoxy groups -OCH3 is 1. The number of fused-ring (bicyclic) bond motifs is 1. The van der Waals surface area contributed by atoms with Crippen LogP contribution in [0.2, 0.25) is 15.1 Å². The molecule has 0 bridgehead atoms. The summed E-state index contributed by atoms with van der Waals surface area (Å²) in [6.07, 6.45) is 0. The third-order valence-electron chi connectivity index (χ3n) is 6.14. The summed E-state index contributed by atoms with van der Waals surface area (Å²) in [5.74, 6) is -0.355. The molecule has 1 atom stereocenters. The average molecular weight is 541 g/mol. The number of halogens is 3. The van der Waals surface area contributed by atoms with Gasteiger partial charge in [-0.25, -0.2) is 4.68 Å². The van der Waals surface area contributed by atoms with Crippen LogP contribution in [0.4, 0.5) is 0 Å². The first-order chi connectivity index (χ1) is 17.3. The average Bonchev–Trinajstić information content (AvgIpc) is 3.40. The number of hydrogen-bond acceptors (Lipinski definition) is 3. The molecular formula is C27H20Cl3N3O3. The Morgan fingerprint density at radius 1 is 0.944 bits per heavy atom. The third-order valence-corrected chi connectivity index (χ3v) is 7.13. The van der Waals surface area contributed by atoms with Gasteiger partial charge in [0, 0.05) is 33.2 Å². The summed E-state index contributed by atoms with van der Waals surface area (Å²) >= 11 is 18.3. The van der Waals surface area contributed by atoms with Crippen molar-refractivity contribution >= 4 is 51.5 Å². The van der Waals surface area contributed by atoms with Crippen LogP contribution in [0.3, 0.4) is 0 Å². The van der Waals surface area contributed by atoms with Crippen LogP contribution in [0, 0.1) is 6.92 Å². The molecule has 5 aromatic rings. The first kappa shape index (κ1) is 24.3. The van der Waals surface area contributed by atoms with E-state index < -0.39 is 5.92 Å². The third kappa shape index (κ3) is 4.32. The lowest BCUT2D eigenvalue weighted by atomic mass is 9.86. The summed E-state index contributed by atoms with van der Waals surface area (Å²) in [4.78, 5) is 30.4. The summed E-state index contributed by atoms with van der Waals surface area (Å²) in [6.45, 7) is 1.90. The quantitative estimate of drug-likeness (QED) is 0.229. The molecule has 0 fully saturated rings. The first-order valence-electron chi connectivity index (χ1n) is 11.0. The fraction of sp³-hybridized carbons (Fsp3) is 0.111. The van der Waals surface area contributed by atoms with Crippen molar-refractivity contribution in [1.29, 1.82) is 0 Å². The summed E-state index contributed by atoms with van der Waals surface area (Å²) in [5.41, 5.74) is 3.44. The molecule has 0 amide bonds. The normalized spacial score (nSPS) is 12.1. The molecule has 3 aromatic carbocycles. The van der Waals surface area contributed by atoms with Gasteiger partial charge in [-0.3, -0.25) is 14.7 Å². The maximum atomic E-state index is 14.0. The molecule has 0 spiro atoms. The zero-order valence-corrected chi connectivity index (χ0v) is 21.5. The topological polar surface area (TPSA) is 79.9 Å². The molecule has 1 unspecified atom stereocenters. The van der Waals surface area contributed by atoms with Crippen LogP contribution in [0.25, 0.3) is 16.6 Å². The second-order valence-corrected chi connectivity index (χ2v) is 9.61. The molecule has 9 heteroatoms. The van der Waals surface area contributed by atoms with Crippen molar-refractivity contribution < 1.29 is 9.53 Å². The van der Waals surface area contributed by atoms with E-state index in [1.807, 2.05) is 25.1 Å². The molecule has 6 nitrogen and oxygen atoms in total. The fourth-order valence-electron chi connectivity index (χ4n) is 4.41. The van der Waals surface area contributed by atoms with Crippen molar-refractivity contribution in [1.82, 2.24) is 14.8 Å². The molecule has 5 rings (SSSR count). The highest BCUT2D eigenvalue weighted by atomic mass is 35.5. The molecular weight excluding hydrogens is 521 g/mol. The van der Waals surface area contributed by atoms with E-state index in [4.69, 9.17) is 39.5 Å². The molecule has 0 radical (unpaired) electrons. The van der Waals surface area contributed by atoms with Gasteiger partial charge in [0.15, 0.2) is 5.78 Å². The van der Waals surface area contributed by atoms with Crippen molar-refractivity contribution in [2.24, 2.45) is 0 Å². The lowest BCUT2D eigenvalue weighted by Gasteiger charge is -2.16. The van der Waals surface area contributed by atoms with Gasteiger partial charge in [0.1, 0.15) is 5.75 Å². The van der Waals surface area contributed by atoms with E-state index in [1.165, 1.54) is 10.7 Å². The number of aromatic nitrogens is 3. The predicted molar refractivity (Wildman–Crippen MR) is 144 cm³/mol. The van der Waals surface area contributed by atoms with Crippen LogP contribution in [0.15, 0.2) is 71.5 Å². The number of nitrogens with zero attached hydrogens (tertiary/aromatic N) is 1. The van der Waals surface area contributed by atoms with Crippen LogP contribution in [-0.4, -0.2) is 27.7 Å².